The highest BCUT2D eigenvalue weighted by molar-refractivity contribution is 5.95. The molecule has 0 aromatic heterocycles. The molecular formula is C13H18N4O4. The van der Waals surface area contributed by atoms with Gasteiger partial charge in [0.2, 0.25) is 0 Å². The second-order valence-corrected chi connectivity index (χ2v) is 4.81. The highest BCUT2D eigenvalue weighted by atomic mass is 16.6. The summed E-state index contributed by atoms with van der Waals surface area (Å²) in [6, 6.07) is 3.83. The molecule has 1 heterocycles. The van der Waals surface area contributed by atoms with Gasteiger partial charge in [-0.3, -0.25) is 15.0 Å². The largest absolute Gasteiger partial charge is 0.478 e. The lowest BCUT2D eigenvalue weighted by Crippen LogP contribution is -2.45. The Bertz CT molecular complexity index is 529. The summed E-state index contributed by atoms with van der Waals surface area (Å²) in [6.07, 6.45) is 0. The van der Waals surface area contributed by atoms with E-state index in [1.807, 2.05) is 0 Å². The first-order valence-electron chi connectivity index (χ1n) is 6.76. The van der Waals surface area contributed by atoms with Gasteiger partial charge in [-0.1, -0.05) is 0 Å². The first-order chi connectivity index (χ1) is 10.1. The number of benzene rings is 1. The van der Waals surface area contributed by atoms with E-state index in [0.717, 1.165) is 38.8 Å². The number of hydrogen-bond donors (Lipinski definition) is 3. The molecule has 114 valence electrons. The molecule has 0 amide bonds. The van der Waals surface area contributed by atoms with Gasteiger partial charge >= 0.3 is 5.97 Å². The number of nitrogens with one attached hydrogen (secondary N) is 2. The van der Waals surface area contributed by atoms with Crippen molar-refractivity contribution in [2.45, 2.75) is 0 Å². The van der Waals surface area contributed by atoms with Gasteiger partial charge in [0.15, 0.2) is 0 Å². The molecule has 8 nitrogen and oxygen atoms in total. The summed E-state index contributed by atoms with van der Waals surface area (Å²) < 4.78 is 0. The summed E-state index contributed by atoms with van der Waals surface area (Å²) in [4.78, 5) is 23.5. The summed E-state index contributed by atoms with van der Waals surface area (Å²) in [5, 5.41) is 26.1. The van der Waals surface area contributed by atoms with Gasteiger partial charge in [-0.05, 0) is 6.07 Å². The van der Waals surface area contributed by atoms with E-state index in [9.17, 15) is 14.9 Å². The van der Waals surface area contributed by atoms with Gasteiger partial charge in [-0.2, -0.15) is 0 Å². The van der Waals surface area contributed by atoms with Gasteiger partial charge in [-0.15, -0.1) is 0 Å². The number of nitro groups is 1. The number of carboxylic acids is 1. The van der Waals surface area contributed by atoms with Gasteiger partial charge in [0, 0.05) is 57.1 Å². The maximum Gasteiger partial charge on any atom is 0.338 e. The summed E-state index contributed by atoms with van der Waals surface area (Å²) in [6.45, 7) is 5.24. The fourth-order valence-electron chi connectivity index (χ4n) is 2.26. The van der Waals surface area contributed by atoms with Gasteiger partial charge in [0.05, 0.1) is 10.5 Å². The maximum absolute atomic E-state index is 11.2. The molecule has 0 bridgehead atoms. The number of nitrogens with zero attached hydrogens (tertiary/aromatic N) is 2. The Kier molecular flexibility index (Phi) is 5.07. The minimum atomic E-state index is -1.18. The van der Waals surface area contributed by atoms with Gasteiger partial charge < -0.3 is 15.7 Å². The second kappa shape index (κ2) is 7.00. The van der Waals surface area contributed by atoms with E-state index >= 15 is 0 Å². The summed E-state index contributed by atoms with van der Waals surface area (Å²) >= 11 is 0. The van der Waals surface area contributed by atoms with Crippen molar-refractivity contribution in [2.24, 2.45) is 0 Å². The third-order valence-corrected chi connectivity index (χ3v) is 3.40. The van der Waals surface area contributed by atoms with Crippen LogP contribution < -0.4 is 10.6 Å². The fourth-order valence-corrected chi connectivity index (χ4v) is 2.26. The second-order valence-electron chi connectivity index (χ2n) is 4.81. The lowest BCUT2D eigenvalue weighted by atomic mass is 10.1. The smallest absolute Gasteiger partial charge is 0.338 e. The monoisotopic (exact) mass is 294 g/mol. The maximum atomic E-state index is 11.2. The number of non-ortho nitro benzene ring substituents is 1. The Hall–Kier alpha value is -2.19. The number of carbonyl (C=O) groups is 1. The normalized spacial score (nSPS) is 15.6. The zero-order valence-corrected chi connectivity index (χ0v) is 11.5. The number of piperazine rings is 1. The van der Waals surface area contributed by atoms with Gasteiger partial charge in [0.25, 0.3) is 5.69 Å². The molecule has 1 aromatic rings. The molecule has 1 aliphatic heterocycles. The van der Waals surface area contributed by atoms with E-state index < -0.39 is 10.9 Å². The van der Waals surface area contributed by atoms with Crippen LogP contribution in [0.5, 0.6) is 0 Å². The first-order valence-corrected chi connectivity index (χ1v) is 6.76. The number of carboxylic acid groups (broad SMARTS) is 1. The number of anilines is 1. The minimum absolute atomic E-state index is 0.0792. The van der Waals surface area contributed by atoms with Crippen LogP contribution in [0.3, 0.4) is 0 Å². The molecule has 0 unspecified atom stereocenters. The molecular weight excluding hydrogens is 276 g/mol. The van der Waals surface area contributed by atoms with Crippen molar-refractivity contribution in [2.75, 3.05) is 44.6 Å². The van der Waals surface area contributed by atoms with Crippen LogP contribution in [0.15, 0.2) is 18.2 Å². The van der Waals surface area contributed by atoms with Crippen molar-refractivity contribution >= 4 is 17.3 Å². The first kappa shape index (κ1) is 15.2. The van der Waals surface area contributed by atoms with Crippen molar-refractivity contribution in [3.05, 3.63) is 33.9 Å². The van der Waals surface area contributed by atoms with Crippen LogP contribution in [0.4, 0.5) is 11.4 Å². The van der Waals surface area contributed by atoms with Crippen LogP contribution in [0, 0.1) is 10.1 Å². The Morgan fingerprint density at radius 3 is 2.76 bits per heavy atom. The Morgan fingerprint density at radius 2 is 2.14 bits per heavy atom. The third-order valence-electron chi connectivity index (χ3n) is 3.40. The van der Waals surface area contributed by atoms with Crippen LogP contribution in [-0.2, 0) is 0 Å². The Morgan fingerprint density at radius 1 is 1.43 bits per heavy atom. The van der Waals surface area contributed by atoms with E-state index in [1.165, 1.54) is 12.1 Å². The number of nitro benzene ring substituents is 1. The molecule has 0 saturated carbocycles. The van der Waals surface area contributed by atoms with Crippen LogP contribution in [0.1, 0.15) is 10.4 Å². The van der Waals surface area contributed by atoms with Gasteiger partial charge in [0.1, 0.15) is 0 Å². The molecule has 0 atom stereocenters. The predicted octanol–water partition coefficient (Wildman–Crippen LogP) is 0.610. The van der Waals surface area contributed by atoms with Crippen molar-refractivity contribution in [3.63, 3.8) is 0 Å². The molecule has 3 N–H and O–H groups in total. The van der Waals surface area contributed by atoms with E-state index in [0.29, 0.717) is 12.2 Å². The standard InChI is InChI=1S/C13H18N4O4/c18-13(19)11-9-10(17(20)21)1-2-12(11)15-5-8-16-6-3-14-4-7-16/h1-2,9,14-15H,3-8H2,(H,18,19). The number of rotatable bonds is 6. The lowest BCUT2D eigenvalue weighted by molar-refractivity contribution is -0.384. The van der Waals surface area contributed by atoms with Crippen molar-refractivity contribution in [1.29, 1.82) is 0 Å². The molecule has 1 saturated heterocycles. The Balaban J connectivity index is 1.98. The molecule has 1 aromatic carbocycles. The molecule has 1 fully saturated rings. The minimum Gasteiger partial charge on any atom is -0.478 e. The molecule has 0 spiro atoms. The summed E-state index contributed by atoms with van der Waals surface area (Å²) in [5.41, 5.74) is 0.104. The lowest BCUT2D eigenvalue weighted by Gasteiger charge is -2.27. The van der Waals surface area contributed by atoms with E-state index in [-0.39, 0.29) is 11.3 Å². The molecule has 21 heavy (non-hydrogen) atoms. The molecule has 0 aliphatic carbocycles. The van der Waals surface area contributed by atoms with Crippen LogP contribution in [0.2, 0.25) is 0 Å². The summed E-state index contributed by atoms with van der Waals surface area (Å²) in [7, 11) is 0. The average Bonchev–Trinajstić information content (AvgIpc) is 2.48. The van der Waals surface area contributed by atoms with Crippen LogP contribution >= 0.6 is 0 Å². The quantitative estimate of drug-likeness (QED) is 0.521. The van der Waals surface area contributed by atoms with E-state index in [1.54, 1.807) is 0 Å². The topological polar surface area (TPSA) is 108 Å². The van der Waals surface area contributed by atoms with Crippen molar-refractivity contribution < 1.29 is 14.8 Å². The van der Waals surface area contributed by atoms with E-state index in [2.05, 4.69) is 15.5 Å². The highest BCUT2D eigenvalue weighted by Gasteiger charge is 2.16. The Labute approximate surface area is 121 Å². The SMILES string of the molecule is O=C(O)c1cc([N+](=O)[O-])ccc1NCCN1CCNCC1. The highest BCUT2D eigenvalue weighted by Crippen LogP contribution is 2.22. The van der Waals surface area contributed by atoms with Crippen molar-refractivity contribution in [3.8, 4) is 0 Å². The molecule has 2 rings (SSSR count). The molecule has 0 radical (unpaired) electrons. The fraction of sp³-hybridized carbons (Fsp3) is 0.462. The molecule has 8 heteroatoms. The molecule has 1 aliphatic rings. The van der Waals surface area contributed by atoms with Gasteiger partial charge in [-0.25, -0.2) is 4.79 Å². The average molecular weight is 294 g/mol. The van der Waals surface area contributed by atoms with Crippen LogP contribution in [-0.4, -0.2) is 60.2 Å². The zero-order valence-electron chi connectivity index (χ0n) is 11.5. The van der Waals surface area contributed by atoms with E-state index in [4.69, 9.17) is 5.11 Å². The predicted molar refractivity (Wildman–Crippen MR) is 77.9 cm³/mol. The van der Waals surface area contributed by atoms with Crippen molar-refractivity contribution in [1.82, 2.24) is 10.2 Å². The number of hydrogen-bond acceptors (Lipinski definition) is 6. The van der Waals surface area contributed by atoms with Crippen LogP contribution in [0.25, 0.3) is 0 Å². The zero-order chi connectivity index (χ0) is 15.2. The summed E-state index contributed by atoms with van der Waals surface area (Å²) in [5.74, 6) is -1.18. The third kappa shape index (κ3) is 4.14. The number of aromatic carboxylic acids is 1.